The predicted molar refractivity (Wildman–Crippen MR) is 111 cm³/mol. The highest BCUT2D eigenvalue weighted by Gasteiger charge is 2.18. The van der Waals surface area contributed by atoms with Crippen LogP contribution in [0.2, 0.25) is 0 Å². The van der Waals surface area contributed by atoms with Gasteiger partial charge in [0.2, 0.25) is 0 Å². The van der Waals surface area contributed by atoms with E-state index in [1.807, 2.05) is 46.8 Å². The van der Waals surface area contributed by atoms with Gasteiger partial charge < -0.3 is 15.4 Å². The lowest BCUT2D eigenvalue weighted by Crippen LogP contribution is -2.41. The maximum atomic E-state index is 12.5. The summed E-state index contributed by atoms with van der Waals surface area (Å²) in [6.45, 7) is 9.50. The molecule has 2 aromatic rings. The zero-order chi connectivity index (χ0) is 20.2. The molecule has 2 aromatic carbocycles. The van der Waals surface area contributed by atoms with E-state index in [2.05, 4.69) is 26.6 Å². The molecule has 2 rings (SSSR count). The van der Waals surface area contributed by atoms with Crippen LogP contribution < -0.4 is 15.4 Å². The zero-order valence-electron chi connectivity index (χ0n) is 16.3. The minimum atomic E-state index is -0.366. The van der Waals surface area contributed by atoms with E-state index in [9.17, 15) is 9.59 Å². The summed E-state index contributed by atoms with van der Waals surface area (Å²) in [5.74, 6) is 0.0600. The molecule has 0 unspecified atom stereocenters. The summed E-state index contributed by atoms with van der Waals surface area (Å²) in [4.78, 5) is 24.8. The molecule has 0 saturated heterocycles. The Morgan fingerprint density at radius 2 is 1.67 bits per heavy atom. The molecule has 27 heavy (non-hydrogen) atoms. The maximum absolute atomic E-state index is 12.5. The average molecular weight is 433 g/mol. The van der Waals surface area contributed by atoms with Crippen molar-refractivity contribution in [3.05, 3.63) is 57.6 Å². The summed E-state index contributed by atoms with van der Waals surface area (Å²) in [6.07, 6.45) is 0. The topological polar surface area (TPSA) is 67.4 Å². The van der Waals surface area contributed by atoms with Crippen LogP contribution in [0.5, 0.6) is 5.75 Å². The normalized spacial score (nSPS) is 11.0. The predicted octanol–water partition coefficient (Wildman–Crippen LogP) is 4.61. The highest BCUT2D eigenvalue weighted by atomic mass is 79.9. The van der Waals surface area contributed by atoms with Crippen molar-refractivity contribution in [1.29, 1.82) is 0 Å². The first-order chi connectivity index (χ1) is 12.6. The number of nitrogens with one attached hydrogen (secondary N) is 2. The summed E-state index contributed by atoms with van der Waals surface area (Å²) in [6, 6.07) is 10.6. The van der Waals surface area contributed by atoms with Crippen LogP contribution in [0.3, 0.4) is 0 Å². The monoisotopic (exact) mass is 432 g/mol. The van der Waals surface area contributed by atoms with Gasteiger partial charge in [-0.2, -0.15) is 0 Å². The first kappa shape index (κ1) is 21.0. The zero-order valence-corrected chi connectivity index (χ0v) is 17.9. The van der Waals surface area contributed by atoms with E-state index in [1.165, 1.54) is 0 Å². The van der Waals surface area contributed by atoms with Gasteiger partial charge in [0.1, 0.15) is 5.75 Å². The SMILES string of the molecule is Cc1cc(OCC(=O)Nc2ccccc2C(=O)NC(C)(C)C)cc(C)c1Br. The van der Waals surface area contributed by atoms with Crippen molar-refractivity contribution < 1.29 is 14.3 Å². The summed E-state index contributed by atoms with van der Waals surface area (Å²) in [7, 11) is 0. The fourth-order valence-corrected chi connectivity index (χ4v) is 2.75. The molecular formula is C21H25BrN2O3. The second kappa shape index (κ2) is 8.57. The van der Waals surface area contributed by atoms with E-state index >= 15 is 0 Å². The van der Waals surface area contributed by atoms with Crippen molar-refractivity contribution >= 4 is 33.4 Å². The fraction of sp³-hybridized carbons (Fsp3) is 0.333. The van der Waals surface area contributed by atoms with Gasteiger partial charge in [-0.1, -0.05) is 28.1 Å². The number of halogens is 1. The van der Waals surface area contributed by atoms with E-state index in [4.69, 9.17) is 4.74 Å². The number of rotatable bonds is 5. The lowest BCUT2D eigenvalue weighted by Gasteiger charge is -2.21. The Balaban J connectivity index is 2.05. The molecule has 2 amide bonds. The molecule has 0 aliphatic rings. The minimum Gasteiger partial charge on any atom is -0.484 e. The highest BCUT2D eigenvalue weighted by Crippen LogP contribution is 2.26. The third-order valence-corrected chi connectivity index (χ3v) is 4.97. The summed E-state index contributed by atoms with van der Waals surface area (Å²) in [5.41, 5.74) is 2.57. The summed E-state index contributed by atoms with van der Waals surface area (Å²) < 4.78 is 6.63. The number of anilines is 1. The number of benzene rings is 2. The van der Waals surface area contributed by atoms with Crippen molar-refractivity contribution in [3.8, 4) is 5.75 Å². The van der Waals surface area contributed by atoms with E-state index in [1.54, 1.807) is 24.3 Å². The standard InChI is InChI=1S/C21H25BrN2O3/c1-13-10-15(11-14(2)19(13)22)27-12-18(25)23-17-9-7-6-8-16(17)20(26)24-21(3,4)5/h6-11H,12H2,1-5H3,(H,23,25)(H,24,26). The largest absolute Gasteiger partial charge is 0.484 e. The van der Waals surface area contributed by atoms with Crippen LogP contribution in [0.25, 0.3) is 0 Å². The van der Waals surface area contributed by atoms with Gasteiger partial charge in [0.05, 0.1) is 11.3 Å². The molecule has 0 aliphatic carbocycles. The molecule has 0 fully saturated rings. The molecule has 0 aromatic heterocycles. The highest BCUT2D eigenvalue weighted by molar-refractivity contribution is 9.10. The molecule has 2 N–H and O–H groups in total. The Morgan fingerprint density at radius 3 is 2.26 bits per heavy atom. The number of carbonyl (C=O) groups excluding carboxylic acids is 2. The Kier molecular flexibility index (Phi) is 6.65. The van der Waals surface area contributed by atoms with Crippen molar-refractivity contribution in [2.75, 3.05) is 11.9 Å². The Morgan fingerprint density at radius 1 is 1.07 bits per heavy atom. The van der Waals surface area contributed by atoms with Crippen LogP contribution in [0.4, 0.5) is 5.69 Å². The van der Waals surface area contributed by atoms with Crippen molar-refractivity contribution in [2.24, 2.45) is 0 Å². The van der Waals surface area contributed by atoms with Crippen LogP contribution in [0, 0.1) is 13.8 Å². The first-order valence-electron chi connectivity index (χ1n) is 8.68. The van der Waals surface area contributed by atoms with Crippen LogP contribution >= 0.6 is 15.9 Å². The molecule has 0 bridgehead atoms. The molecular weight excluding hydrogens is 408 g/mol. The molecule has 0 atom stereocenters. The third-order valence-electron chi connectivity index (χ3n) is 3.71. The second-order valence-electron chi connectivity index (χ2n) is 7.46. The van der Waals surface area contributed by atoms with E-state index in [0.29, 0.717) is 17.0 Å². The summed E-state index contributed by atoms with van der Waals surface area (Å²) >= 11 is 3.51. The van der Waals surface area contributed by atoms with Gasteiger partial charge in [0, 0.05) is 10.0 Å². The maximum Gasteiger partial charge on any atom is 0.262 e. The number of hydrogen-bond donors (Lipinski definition) is 2. The quantitative estimate of drug-likeness (QED) is 0.724. The van der Waals surface area contributed by atoms with Gasteiger partial charge in [-0.3, -0.25) is 9.59 Å². The van der Waals surface area contributed by atoms with Gasteiger partial charge in [-0.15, -0.1) is 0 Å². The molecule has 0 radical (unpaired) electrons. The third kappa shape index (κ3) is 6.10. The Hall–Kier alpha value is -2.34. The van der Waals surface area contributed by atoms with Gasteiger partial charge in [-0.05, 0) is 70.0 Å². The molecule has 0 heterocycles. The first-order valence-corrected chi connectivity index (χ1v) is 9.47. The molecule has 5 nitrogen and oxygen atoms in total. The average Bonchev–Trinajstić information content (AvgIpc) is 2.56. The van der Waals surface area contributed by atoms with Crippen molar-refractivity contribution in [3.63, 3.8) is 0 Å². The lowest BCUT2D eigenvalue weighted by molar-refractivity contribution is -0.118. The fourth-order valence-electron chi connectivity index (χ4n) is 2.52. The van der Waals surface area contributed by atoms with E-state index < -0.39 is 0 Å². The van der Waals surface area contributed by atoms with Crippen molar-refractivity contribution in [2.45, 2.75) is 40.2 Å². The van der Waals surface area contributed by atoms with Crippen LogP contribution in [0.15, 0.2) is 40.9 Å². The number of ether oxygens (including phenoxy) is 1. The summed E-state index contributed by atoms with van der Waals surface area (Å²) in [5, 5.41) is 5.65. The smallest absolute Gasteiger partial charge is 0.262 e. The Bertz CT molecular complexity index is 834. The van der Waals surface area contributed by atoms with Crippen LogP contribution in [-0.4, -0.2) is 24.0 Å². The number of hydrogen-bond acceptors (Lipinski definition) is 3. The molecule has 144 valence electrons. The number of amides is 2. The second-order valence-corrected chi connectivity index (χ2v) is 8.25. The van der Waals surface area contributed by atoms with Gasteiger partial charge in [-0.25, -0.2) is 0 Å². The minimum absolute atomic E-state index is 0.143. The molecule has 0 saturated carbocycles. The number of aryl methyl sites for hydroxylation is 2. The van der Waals surface area contributed by atoms with E-state index in [-0.39, 0.29) is 24.0 Å². The van der Waals surface area contributed by atoms with E-state index in [0.717, 1.165) is 15.6 Å². The van der Waals surface area contributed by atoms with Crippen LogP contribution in [0.1, 0.15) is 42.3 Å². The molecule has 0 spiro atoms. The van der Waals surface area contributed by atoms with Gasteiger partial charge >= 0.3 is 0 Å². The van der Waals surface area contributed by atoms with Crippen molar-refractivity contribution in [1.82, 2.24) is 5.32 Å². The van der Waals surface area contributed by atoms with Gasteiger partial charge in [0.25, 0.3) is 11.8 Å². The molecule has 6 heteroatoms. The lowest BCUT2D eigenvalue weighted by atomic mass is 10.1. The Labute approximate surface area is 168 Å². The molecule has 0 aliphatic heterocycles. The van der Waals surface area contributed by atoms with Gasteiger partial charge in [0.15, 0.2) is 6.61 Å². The number of carbonyl (C=O) groups is 2. The van der Waals surface area contributed by atoms with Crippen LogP contribution in [-0.2, 0) is 4.79 Å². The number of para-hydroxylation sites is 1.